The van der Waals surface area contributed by atoms with Gasteiger partial charge in [-0.05, 0) is 35.7 Å². The normalized spacial score (nSPS) is 11.2. The smallest absolute Gasteiger partial charge is 0.362 e. The second kappa shape index (κ2) is 4.80. The second-order valence-corrected chi connectivity index (χ2v) is 4.88. The van der Waals surface area contributed by atoms with Crippen LogP contribution in [0.25, 0.3) is 11.1 Å². The first-order chi connectivity index (χ1) is 8.46. The molecule has 2 aromatic rings. The topological polar surface area (TPSA) is 63.6 Å². The predicted molar refractivity (Wildman–Crippen MR) is 68.8 cm³/mol. The summed E-state index contributed by atoms with van der Waals surface area (Å²) < 4.78 is 34.4. The maximum Gasteiger partial charge on any atom is 0.446 e. The van der Waals surface area contributed by atoms with E-state index >= 15 is 0 Å². The Labute approximate surface area is 106 Å². The molecular weight excluding hydrogens is 252 g/mol. The molecule has 0 bridgehead atoms. The summed E-state index contributed by atoms with van der Waals surface area (Å²) in [6, 6.07) is 14.7. The zero-order valence-electron chi connectivity index (χ0n) is 9.70. The minimum Gasteiger partial charge on any atom is -0.362 e. The molecule has 1 N–H and O–H groups in total. The SMILES string of the molecule is Cc1cc(-c2ccccc2)ccc1OS(=O)(=O)O. The Hall–Kier alpha value is -1.85. The van der Waals surface area contributed by atoms with Gasteiger partial charge in [0, 0.05) is 0 Å². The summed E-state index contributed by atoms with van der Waals surface area (Å²) >= 11 is 0. The van der Waals surface area contributed by atoms with Gasteiger partial charge in [-0.1, -0.05) is 36.4 Å². The van der Waals surface area contributed by atoms with Crippen molar-refractivity contribution in [2.45, 2.75) is 6.92 Å². The summed E-state index contributed by atoms with van der Waals surface area (Å²) in [4.78, 5) is 0. The van der Waals surface area contributed by atoms with Crippen molar-refractivity contribution >= 4 is 10.4 Å². The highest BCUT2D eigenvalue weighted by Gasteiger charge is 2.10. The highest BCUT2D eigenvalue weighted by molar-refractivity contribution is 7.81. The van der Waals surface area contributed by atoms with E-state index in [0.717, 1.165) is 11.1 Å². The van der Waals surface area contributed by atoms with E-state index < -0.39 is 10.4 Å². The molecule has 94 valence electrons. The van der Waals surface area contributed by atoms with Gasteiger partial charge in [0.2, 0.25) is 0 Å². The largest absolute Gasteiger partial charge is 0.446 e. The molecule has 0 radical (unpaired) electrons. The van der Waals surface area contributed by atoms with Crippen LogP contribution >= 0.6 is 0 Å². The molecule has 0 unspecified atom stereocenters. The van der Waals surface area contributed by atoms with Crippen molar-refractivity contribution in [3.63, 3.8) is 0 Å². The molecular formula is C13H12O4S. The summed E-state index contributed by atoms with van der Waals surface area (Å²) in [5, 5.41) is 0. The Bertz CT molecular complexity index is 648. The van der Waals surface area contributed by atoms with E-state index in [1.165, 1.54) is 6.07 Å². The van der Waals surface area contributed by atoms with Crippen LogP contribution in [-0.4, -0.2) is 13.0 Å². The van der Waals surface area contributed by atoms with Gasteiger partial charge < -0.3 is 4.18 Å². The van der Waals surface area contributed by atoms with Crippen LogP contribution in [0.15, 0.2) is 48.5 Å². The summed E-state index contributed by atoms with van der Waals surface area (Å²) in [6.45, 7) is 1.72. The fraction of sp³-hybridized carbons (Fsp3) is 0.0769. The number of hydrogen-bond donors (Lipinski definition) is 1. The number of hydrogen-bond acceptors (Lipinski definition) is 3. The van der Waals surface area contributed by atoms with Crippen LogP contribution in [0.5, 0.6) is 5.75 Å². The average Bonchev–Trinajstić information content (AvgIpc) is 2.31. The first kappa shape index (κ1) is 12.6. The monoisotopic (exact) mass is 264 g/mol. The van der Waals surface area contributed by atoms with Gasteiger partial charge in [-0.2, -0.15) is 8.42 Å². The third-order valence-corrected chi connectivity index (χ3v) is 2.87. The van der Waals surface area contributed by atoms with Crippen LogP contribution in [-0.2, 0) is 10.4 Å². The fourth-order valence-electron chi connectivity index (χ4n) is 1.67. The van der Waals surface area contributed by atoms with Gasteiger partial charge in [0.25, 0.3) is 0 Å². The maximum absolute atomic E-state index is 10.6. The molecule has 18 heavy (non-hydrogen) atoms. The Kier molecular flexibility index (Phi) is 3.36. The lowest BCUT2D eigenvalue weighted by molar-refractivity contribution is 0.386. The zero-order valence-corrected chi connectivity index (χ0v) is 10.5. The summed E-state index contributed by atoms with van der Waals surface area (Å²) in [5.41, 5.74) is 2.61. The number of benzene rings is 2. The van der Waals surface area contributed by atoms with Crippen molar-refractivity contribution in [1.82, 2.24) is 0 Å². The molecule has 5 heteroatoms. The van der Waals surface area contributed by atoms with Crippen LogP contribution in [0.4, 0.5) is 0 Å². The van der Waals surface area contributed by atoms with Crippen molar-refractivity contribution in [2.75, 3.05) is 0 Å². The van der Waals surface area contributed by atoms with Crippen molar-refractivity contribution in [2.24, 2.45) is 0 Å². The van der Waals surface area contributed by atoms with Crippen LogP contribution in [0, 0.1) is 6.92 Å². The molecule has 0 aliphatic heterocycles. The Morgan fingerprint density at radius 2 is 1.67 bits per heavy atom. The van der Waals surface area contributed by atoms with E-state index in [9.17, 15) is 8.42 Å². The molecule has 0 spiro atoms. The van der Waals surface area contributed by atoms with Gasteiger partial charge in [-0.3, -0.25) is 4.55 Å². The highest BCUT2D eigenvalue weighted by atomic mass is 32.3. The molecule has 0 aliphatic carbocycles. The van der Waals surface area contributed by atoms with Gasteiger partial charge in [0.15, 0.2) is 0 Å². The standard InChI is InChI=1S/C13H12O4S/c1-10-9-12(11-5-3-2-4-6-11)7-8-13(10)17-18(14,15)16/h2-9H,1H3,(H,14,15,16). The molecule has 2 aromatic carbocycles. The lowest BCUT2D eigenvalue weighted by Crippen LogP contribution is -2.07. The predicted octanol–water partition coefficient (Wildman–Crippen LogP) is 2.84. The molecule has 0 aliphatic rings. The van der Waals surface area contributed by atoms with E-state index in [2.05, 4.69) is 4.18 Å². The molecule has 0 saturated carbocycles. The Morgan fingerprint density at radius 1 is 1.00 bits per heavy atom. The van der Waals surface area contributed by atoms with Crippen molar-refractivity contribution in [3.8, 4) is 16.9 Å². The van der Waals surface area contributed by atoms with Crippen LogP contribution in [0.3, 0.4) is 0 Å². The van der Waals surface area contributed by atoms with Gasteiger partial charge >= 0.3 is 10.4 Å². The molecule has 4 nitrogen and oxygen atoms in total. The minimum absolute atomic E-state index is 0.122. The molecule has 0 saturated heterocycles. The Balaban J connectivity index is 2.37. The Morgan fingerprint density at radius 3 is 2.22 bits per heavy atom. The van der Waals surface area contributed by atoms with Gasteiger partial charge in [0.05, 0.1) is 0 Å². The molecule has 0 atom stereocenters. The number of aryl methyl sites for hydroxylation is 1. The highest BCUT2D eigenvalue weighted by Crippen LogP contribution is 2.26. The minimum atomic E-state index is -4.48. The van der Waals surface area contributed by atoms with Gasteiger partial charge in [-0.15, -0.1) is 0 Å². The summed E-state index contributed by atoms with van der Waals surface area (Å²) in [6.07, 6.45) is 0. The fourth-order valence-corrected chi connectivity index (χ4v) is 2.08. The van der Waals surface area contributed by atoms with E-state index in [4.69, 9.17) is 4.55 Å². The summed E-state index contributed by atoms with van der Waals surface area (Å²) in [7, 11) is -4.48. The van der Waals surface area contributed by atoms with E-state index in [1.807, 2.05) is 30.3 Å². The summed E-state index contributed by atoms with van der Waals surface area (Å²) in [5.74, 6) is 0.122. The molecule has 0 amide bonds. The lowest BCUT2D eigenvalue weighted by Gasteiger charge is -2.08. The van der Waals surface area contributed by atoms with Gasteiger partial charge in [-0.25, -0.2) is 0 Å². The zero-order chi connectivity index (χ0) is 13.2. The van der Waals surface area contributed by atoms with Crippen molar-refractivity contribution in [1.29, 1.82) is 0 Å². The van der Waals surface area contributed by atoms with Crippen LogP contribution in [0.1, 0.15) is 5.56 Å². The van der Waals surface area contributed by atoms with E-state index in [0.29, 0.717) is 5.56 Å². The third kappa shape index (κ3) is 3.09. The first-order valence-corrected chi connectivity index (χ1v) is 6.65. The van der Waals surface area contributed by atoms with E-state index in [-0.39, 0.29) is 5.75 Å². The van der Waals surface area contributed by atoms with E-state index in [1.54, 1.807) is 19.1 Å². The van der Waals surface area contributed by atoms with Crippen molar-refractivity contribution < 1.29 is 17.2 Å². The number of rotatable bonds is 3. The first-order valence-electron chi connectivity index (χ1n) is 5.29. The van der Waals surface area contributed by atoms with Crippen LogP contribution < -0.4 is 4.18 Å². The lowest BCUT2D eigenvalue weighted by atomic mass is 10.0. The molecule has 0 heterocycles. The van der Waals surface area contributed by atoms with Gasteiger partial charge in [0.1, 0.15) is 5.75 Å². The van der Waals surface area contributed by atoms with Crippen molar-refractivity contribution in [3.05, 3.63) is 54.1 Å². The maximum atomic E-state index is 10.6. The third-order valence-electron chi connectivity index (χ3n) is 2.48. The molecule has 0 fully saturated rings. The average molecular weight is 264 g/mol. The molecule has 0 aromatic heterocycles. The molecule has 2 rings (SSSR count). The second-order valence-electron chi connectivity index (χ2n) is 3.86. The van der Waals surface area contributed by atoms with Crippen LogP contribution in [0.2, 0.25) is 0 Å². The quantitative estimate of drug-likeness (QED) is 0.866.